The first kappa shape index (κ1) is 13.8. The Hall–Kier alpha value is -2.14. The molecule has 2 aromatic rings. The summed E-state index contributed by atoms with van der Waals surface area (Å²) in [6.45, 7) is 1.79. The molecule has 0 unspecified atom stereocenters. The summed E-state index contributed by atoms with van der Waals surface area (Å²) in [5.41, 5.74) is 1.65. The average Bonchev–Trinajstić information content (AvgIpc) is 3.08. The Morgan fingerprint density at radius 2 is 2.14 bits per heavy atom. The van der Waals surface area contributed by atoms with E-state index < -0.39 is 0 Å². The van der Waals surface area contributed by atoms with Crippen LogP contribution in [0.15, 0.2) is 47.2 Å². The molecule has 0 radical (unpaired) electrons. The van der Waals surface area contributed by atoms with Crippen molar-refractivity contribution in [2.75, 3.05) is 19.7 Å². The third kappa shape index (κ3) is 3.49. The van der Waals surface area contributed by atoms with Crippen molar-refractivity contribution < 1.29 is 14.1 Å². The molecule has 1 amide bonds. The molecular formula is C16H18N2O3. The van der Waals surface area contributed by atoms with Crippen LogP contribution in [0.1, 0.15) is 22.5 Å². The van der Waals surface area contributed by atoms with Crippen molar-refractivity contribution in [1.82, 2.24) is 10.1 Å². The summed E-state index contributed by atoms with van der Waals surface area (Å²) in [6, 6.07) is 11.9. The maximum Gasteiger partial charge on any atom is 0.276 e. The van der Waals surface area contributed by atoms with Gasteiger partial charge in [0.2, 0.25) is 0 Å². The Kier molecular flexibility index (Phi) is 4.31. The average molecular weight is 286 g/mol. The van der Waals surface area contributed by atoms with Crippen molar-refractivity contribution in [3.05, 3.63) is 53.9 Å². The highest BCUT2D eigenvalue weighted by Crippen LogP contribution is 2.14. The van der Waals surface area contributed by atoms with E-state index in [-0.39, 0.29) is 12.0 Å². The molecule has 1 aromatic heterocycles. The van der Waals surface area contributed by atoms with Crippen molar-refractivity contribution in [3.8, 4) is 0 Å². The van der Waals surface area contributed by atoms with E-state index in [9.17, 15) is 4.79 Å². The number of ether oxygens (including phenoxy) is 1. The first-order valence-electron chi connectivity index (χ1n) is 7.18. The van der Waals surface area contributed by atoms with E-state index in [2.05, 4.69) is 17.3 Å². The molecule has 1 aliphatic heterocycles. The highest BCUT2D eigenvalue weighted by molar-refractivity contribution is 5.92. The molecule has 1 aliphatic rings. The molecule has 1 saturated heterocycles. The van der Waals surface area contributed by atoms with Crippen LogP contribution in [0.3, 0.4) is 0 Å². The van der Waals surface area contributed by atoms with Gasteiger partial charge in [0.15, 0.2) is 5.69 Å². The number of rotatable bonds is 4. The second-order valence-corrected chi connectivity index (χ2v) is 5.15. The second kappa shape index (κ2) is 6.54. The van der Waals surface area contributed by atoms with Crippen LogP contribution in [0, 0.1) is 0 Å². The van der Waals surface area contributed by atoms with Crippen molar-refractivity contribution in [2.24, 2.45) is 0 Å². The van der Waals surface area contributed by atoms with Gasteiger partial charge < -0.3 is 14.2 Å². The largest absolute Gasteiger partial charge is 0.375 e. The summed E-state index contributed by atoms with van der Waals surface area (Å²) in [6.07, 6.45) is 3.36. The molecule has 0 saturated carbocycles. The highest BCUT2D eigenvalue weighted by atomic mass is 16.5. The molecule has 5 nitrogen and oxygen atoms in total. The van der Waals surface area contributed by atoms with Gasteiger partial charge in [-0.25, -0.2) is 0 Å². The van der Waals surface area contributed by atoms with Crippen LogP contribution in [-0.2, 0) is 11.2 Å². The normalized spacial score (nSPS) is 18.7. The lowest BCUT2D eigenvalue weighted by molar-refractivity contribution is -0.0248. The van der Waals surface area contributed by atoms with Crippen LogP contribution in [-0.4, -0.2) is 41.8 Å². The smallest absolute Gasteiger partial charge is 0.276 e. The van der Waals surface area contributed by atoms with Crippen molar-refractivity contribution in [1.29, 1.82) is 0 Å². The van der Waals surface area contributed by atoms with Crippen LogP contribution in [0.4, 0.5) is 0 Å². The summed E-state index contributed by atoms with van der Waals surface area (Å²) in [5, 5.41) is 3.70. The number of aromatic nitrogens is 1. The molecule has 0 spiro atoms. The molecule has 0 N–H and O–H groups in total. The predicted molar refractivity (Wildman–Crippen MR) is 76.9 cm³/mol. The Morgan fingerprint density at radius 3 is 2.90 bits per heavy atom. The van der Waals surface area contributed by atoms with E-state index in [4.69, 9.17) is 9.26 Å². The minimum absolute atomic E-state index is 0.0785. The monoisotopic (exact) mass is 286 g/mol. The van der Waals surface area contributed by atoms with Crippen LogP contribution < -0.4 is 0 Å². The lowest BCUT2D eigenvalue weighted by Gasteiger charge is -2.32. The van der Waals surface area contributed by atoms with Crippen LogP contribution >= 0.6 is 0 Å². The SMILES string of the molecule is O=C(c1ccon1)N1CCO[C@@H](CCc2ccccc2)C1. The number of hydrogen-bond acceptors (Lipinski definition) is 4. The van der Waals surface area contributed by atoms with Gasteiger partial charge in [-0.2, -0.15) is 0 Å². The molecule has 5 heteroatoms. The van der Waals surface area contributed by atoms with Gasteiger partial charge in [-0.1, -0.05) is 35.5 Å². The fourth-order valence-electron chi connectivity index (χ4n) is 2.54. The molecule has 2 heterocycles. The number of hydrogen-bond donors (Lipinski definition) is 0. The van der Waals surface area contributed by atoms with Gasteiger partial charge in [-0.15, -0.1) is 0 Å². The Morgan fingerprint density at radius 1 is 1.29 bits per heavy atom. The van der Waals surface area contributed by atoms with Crippen LogP contribution in [0.5, 0.6) is 0 Å². The maximum atomic E-state index is 12.2. The number of nitrogens with zero attached hydrogens (tertiary/aromatic N) is 2. The van der Waals surface area contributed by atoms with E-state index >= 15 is 0 Å². The van der Waals surface area contributed by atoms with Gasteiger partial charge in [0.25, 0.3) is 5.91 Å². The number of benzene rings is 1. The molecule has 1 aromatic carbocycles. The van der Waals surface area contributed by atoms with Gasteiger partial charge in [0.05, 0.1) is 12.7 Å². The second-order valence-electron chi connectivity index (χ2n) is 5.15. The zero-order chi connectivity index (χ0) is 14.5. The quantitative estimate of drug-likeness (QED) is 0.864. The highest BCUT2D eigenvalue weighted by Gasteiger charge is 2.26. The lowest BCUT2D eigenvalue weighted by atomic mass is 10.1. The van der Waals surface area contributed by atoms with E-state index in [0.717, 1.165) is 12.8 Å². The van der Waals surface area contributed by atoms with E-state index in [1.54, 1.807) is 11.0 Å². The Balaban J connectivity index is 1.55. The molecule has 1 fully saturated rings. The van der Waals surface area contributed by atoms with E-state index in [1.807, 2.05) is 18.2 Å². The molecule has 1 atom stereocenters. The molecule has 21 heavy (non-hydrogen) atoms. The van der Waals surface area contributed by atoms with E-state index in [0.29, 0.717) is 25.4 Å². The summed E-state index contributed by atoms with van der Waals surface area (Å²) in [4.78, 5) is 14.0. The number of carbonyl (C=O) groups is 1. The number of carbonyl (C=O) groups excluding carboxylic acids is 1. The molecule has 0 bridgehead atoms. The van der Waals surface area contributed by atoms with Crippen LogP contribution in [0.2, 0.25) is 0 Å². The number of aryl methyl sites for hydroxylation is 1. The van der Waals surface area contributed by atoms with Crippen molar-refractivity contribution in [2.45, 2.75) is 18.9 Å². The zero-order valence-corrected chi connectivity index (χ0v) is 11.8. The fourth-order valence-corrected chi connectivity index (χ4v) is 2.54. The van der Waals surface area contributed by atoms with Gasteiger partial charge in [-0.05, 0) is 18.4 Å². The maximum absolute atomic E-state index is 12.2. The van der Waals surface area contributed by atoms with Gasteiger partial charge in [-0.3, -0.25) is 4.79 Å². The number of amides is 1. The Bertz CT molecular complexity index is 568. The Labute approximate surface area is 123 Å². The first-order valence-corrected chi connectivity index (χ1v) is 7.18. The minimum atomic E-state index is -0.0863. The van der Waals surface area contributed by atoms with Gasteiger partial charge in [0.1, 0.15) is 6.26 Å². The van der Waals surface area contributed by atoms with Crippen molar-refractivity contribution >= 4 is 5.91 Å². The summed E-state index contributed by atoms with van der Waals surface area (Å²) >= 11 is 0. The molecule has 0 aliphatic carbocycles. The van der Waals surface area contributed by atoms with E-state index in [1.165, 1.54) is 11.8 Å². The van der Waals surface area contributed by atoms with Crippen LogP contribution in [0.25, 0.3) is 0 Å². The third-order valence-corrected chi connectivity index (χ3v) is 3.68. The molecular weight excluding hydrogens is 268 g/mol. The van der Waals surface area contributed by atoms with Gasteiger partial charge >= 0.3 is 0 Å². The summed E-state index contributed by atoms with van der Waals surface area (Å²) < 4.78 is 10.5. The third-order valence-electron chi connectivity index (χ3n) is 3.68. The summed E-state index contributed by atoms with van der Waals surface area (Å²) in [5.74, 6) is -0.0863. The fraction of sp³-hybridized carbons (Fsp3) is 0.375. The molecule has 3 rings (SSSR count). The van der Waals surface area contributed by atoms with Crippen molar-refractivity contribution in [3.63, 3.8) is 0 Å². The predicted octanol–water partition coefficient (Wildman–Crippen LogP) is 2.15. The topological polar surface area (TPSA) is 55.6 Å². The standard InChI is InChI=1S/C16H18N2O3/c19-16(15-8-10-21-17-15)18-9-11-20-14(12-18)7-6-13-4-2-1-3-5-13/h1-5,8,10,14H,6-7,9,11-12H2/t14-/m0/s1. The summed E-state index contributed by atoms with van der Waals surface area (Å²) in [7, 11) is 0. The van der Waals surface area contributed by atoms with Gasteiger partial charge in [0, 0.05) is 19.2 Å². The number of morpholine rings is 1. The minimum Gasteiger partial charge on any atom is -0.375 e. The zero-order valence-electron chi connectivity index (χ0n) is 11.8. The first-order chi connectivity index (χ1) is 10.3. The lowest BCUT2D eigenvalue weighted by Crippen LogP contribution is -2.45. The molecule has 110 valence electrons.